The summed E-state index contributed by atoms with van der Waals surface area (Å²) in [6.07, 6.45) is 1.72. The maximum Gasteiger partial charge on any atom is 0.151 e. The van der Waals surface area contributed by atoms with Crippen molar-refractivity contribution < 1.29 is 8.42 Å². The predicted molar refractivity (Wildman–Crippen MR) is 75.1 cm³/mol. The predicted octanol–water partition coefficient (Wildman–Crippen LogP) is 2.62. The lowest BCUT2D eigenvalue weighted by Crippen LogP contribution is -2.44. The number of rotatable bonds is 7. The standard InChI is InChI=1S/C13H29NO2S/c1-7-9-17(15,16)10-8-14-13(5,6)11-12(2,3)4/h14H,7-11H2,1-6H3. The lowest BCUT2D eigenvalue weighted by molar-refractivity contribution is 0.246. The van der Waals surface area contributed by atoms with Crippen molar-refractivity contribution >= 4 is 9.84 Å². The highest BCUT2D eigenvalue weighted by molar-refractivity contribution is 7.91. The molecule has 0 bridgehead atoms. The van der Waals surface area contributed by atoms with Crippen molar-refractivity contribution in [2.75, 3.05) is 18.1 Å². The van der Waals surface area contributed by atoms with Gasteiger partial charge in [-0.2, -0.15) is 0 Å². The second kappa shape index (κ2) is 6.19. The molecule has 0 saturated heterocycles. The first kappa shape index (κ1) is 16.9. The molecule has 4 heteroatoms. The third-order valence-electron chi connectivity index (χ3n) is 2.50. The molecule has 0 aliphatic rings. The summed E-state index contributed by atoms with van der Waals surface area (Å²) >= 11 is 0. The fourth-order valence-electron chi connectivity index (χ4n) is 2.35. The summed E-state index contributed by atoms with van der Waals surface area (Å²) in [5, 5.41) is 3.35. The van der Waals surface area contributed by atoms with Gasteiger partial charge in [-0.15, -0.1) is 0 Å². The fourth-order valence-corrected chi connectivity index (χ4v) is 3.59. The van der Waals surface area contributed by atoms with Gasteiger partial charge < -0.3 is 5.32 Å². The molecule has 0 aliphatic carbocycles. The first-order chi connectivity index (χ1) is 7.47. The highest BCUT2D eigenvalue weighted by Gasteiger charge is 2.25. The van der Waals surface area contributed by atoms with Crippen LogP contribution in [-0.2, 0) is 9.84 Å². The molecule has 3 nitrogen and oxygen atoms in total. The van der Waals surface area contributed by atoms with Gasteiger partial charge in [-0.25, -0.2) is 8.42 Å². The van der Waals surface area contributed by atoms with E-state index < -0.39 is 9.84 Å². The topological polar surface area (TPSA) is 46.2 Å². The molecule has 0 spiro atoms. The Morgan fingerprint density at radius 2 is 1.53 bits per heavy atom. The van der Waals surface area contributed by atoms with Crippen LogP contribution in [0.3, 0.4) is 0 Å². The Morgan fingerprint density at radius 3 is 1.94 bits per heavy atom. The number of hydrogen-bond acceptors (Lipinski definition) is 3. The number of nitrogens with one attached hydrogen (secondary N) is 1. The van der Waals surface area contributed by atoms with E-state index in [4.69, 9.17) is 0 Å². The lowest BCUT2D eigenvalue weighted by Gasteiger charge is -2.33. The summed E-state index contributed by atoms with van der Waals surface area (Å²) < 4.78 is 23.1. The molecule has 0 amide bonds. The van der Waals surface area contributed by atoms with Crippen molar-refractivity contribution in [2.45, 2.75) is 59.9 Å². The first-order valence-electron chi connectivity index (χ1n) is 6.43. The summed E-state index contributed by atoms with van der Waals surface area (Å²) in [7, 11) is -2.86. The highest BCUT2D eigenvalue weighted by atomic mass is 32.2. The van der Waals surface area contributed by atoms with Crippen molar-refractivity contribution in [3.8, 4) is 0 Å². The van der Waals surface area contributed by atoms with E-state index in [2.05, 4.69) is 39.9 Å². The molecule has 0 aromatic rings. The minimum atomic E-state index is -2.86. The Kier molecular flexibility index (Phi) is 6.15. The van der Waals surface area contributed by atoms with E-state index in [0.717, 1.165) is 6.42 Å². The van der Waals surface area contributed by atoms with E-state index in [-0.39, 0.29) is 16.7 Å². The second-order valence-electron chi connectivity index (χ2n) is 6.70. The summed E-state index contributed by atoms with van der Waals surface area (Å²) in [5.74, 6) is 0.544. The minimum Gasteiger partial charge on any atom is -0.311 e. The smallest absolute Gasteiger partial charge is 0.151 e. The normalized spacial score (nSPS) is 14.0. The van der Waals surface area contributed by atoms with Gasteiger partial charge in [0.25, 0.3) is 0 Å². The Morgan fingerprint density at radius 1 is 1.00 bits per heavy atom. The van der Waals surface area contributed by atoms with Crippen molar-refractivity contribution in [2.24, 2.45) is 5.41 Å². The molecule has 1 N–H and O–H groups in total. The minimum absolute atomic E-state index is 0.0139. The van der Waals surface area contributed by atoms with E-state index in [1.807, 2.05) is 6.92 Å². The molecule has 0 fully saturated rings. The summed E-state index contributed by atoms with van der Waals surface area (Å²) in [5.41, 5.74) is 0.235. The molecule has 0 aromatic carbocycles. The van der Waals surface area contributed by atoms with Crippen LogP contribution in [0.2, 0.25) is 0 Å². The van der Waals surface area contributed by atoms with E-state index in [9.17, 15) is 8.42 Å². The van der Waals surface area contributed by atoms with Crippen LogP contribution in [0.5, 0.6) is 0 Å². The molecule has 104 valence electrons. The van der Waals surface area contributed by atoms with Crippen LogP contribution in [-0.4, -0.2) is 32.0 Å². The van der Waals surface area contributed by atoms with Gasteiger partial charge >= 0.3 is 0 Å². The fraction of sp³-hybridized carbons (Fsp3) is 1.00. The molecular formula is C13H29NO2S. The molecule has 17 heavy (non-hydrogen) atoms. The van der Waals surface area contributed by atoms with E-state index in [1.54, 1.807) is 0 Å². The van der Waals surface area contributed by atoms with Crippen molar-refractivity contribution in [1.29, 1.82) is 0 Å². The Bertz CT molecular complexity index is 313. The largest absolute Gasteiger partial charge is 0.311 e. The van der Waals surface area contributed by atoms with E-state index >= 15 is 0 Å². The van der Waals surface area contributed by atoms with Crippen molar-refractivity contribution in [3.63, 3.8) is 0 Å². The van der Waals surface area contributed by atoms with Gasteiger partial charge in [0, 0.05) is 17.8 Å². The van der Waals surface area contributed by atoms with Gasteiger partial charge in [0.2, 0.25) is 0 Å². The van der Waals surface area contributed by atoms with Gasteiger partial charge in [0.15, 0.2) is 9.84 Å². The van der Waals surface area contributed by atoms with Gasteiger partial charge in [-0.05, 0) is 32.1 Å². The second-order valence-corrected chi connectivity index (χ2v) is 9.00. The van der Waals surface area contributed by atoms with Gasteiger partial charge in [0.1, 0.15) is 0 Å². The van der Waals surface area contributed by atoms with Crippen LogP contribution in [0.25, 0.3) is 0 Å². The monoisotopic (exact) mass is 263 g/mol. The van der Waals surface area contributed by atoms with Crippen LogP contribution in [0.1, 0.15) is 54.4 Å². The molecule has 0 unspecified atom stereocenters. The molecule has 0 atom stereocenters. The van der Waals surface area contributed by atoms with Gasteiger partial charge in [-0.3, -0.25) is 0 Å². The maximum absolute atomic E-state index is 11.6. The quantitative estimate of drug-likeness (QED) is 0.768. The number of hydrogen-bond donors (Lipinski definition) is 1. The average Bonchev–Trinajstić information content (AvgIpc) is 1.96. The van der Waals surface area contributed by atoms with Crippen molar-refractivity contribution in [3.05, 3.63) is 0 Å². The van der Waals surface area contributed by atoms with E-state index in [1.165, 1.54) is 0 Å². The Hall–Kier alpha value is -0.0900. The first-order valence-corrected chi connectivity index (χ1v) is 8.25. The van der Waals surface area contributed by atoms with Crippen LogP contribution < -0.4 is 5.32 Å². The summed E-state index contributed by atoms with van der Waals surface area (Å²) in [6, 6.07) is 0. The molecule has 0 heterocycles. The lowest BCUT2D eigenvalue weighted by atomic mass is 9.82. The molecular weight excluding hydrogens is 234 g/mol. The third kappa shape index (κ3) is 9.60. The zero-order valence-electron chi connectivity index (χ0n) is 12.3. The van der Waals surface area contributed by atoms with Crippen LogP contribution in [0, 0.1) is 5.41 Å². The van der Waals surface area contributed by atoms with Crippen molar-refractivity contribution in [1.82, 2.24) is 5.32 Å². The Balaban J connectivity index is 4.12. The molecule has 0 radical (unpaired) electrons. The zero-order chi connectivity index (χ0) is 13.7. The highest BCUT2D eigenvalue weighted by Crippen LogP contribution is 2.26. The van der Waals surface area contributed by atoms with Gasteiger partial charge in [-0.1, -0.05) is 27.7 Å². The molecule has 0 aromatic heterocycles. The SMILES string of the molecule is CCCS(=O)(=O)CCNC(C)(C)CC(C)(C)C. The molecule has 0 saturated carbocycles. The van der Waals surface area contributed by atoms with Gasteiger partial charge in [0.05, 0.1) is 5.75 Å². The Labute approximate surface area is 107 Å². The average molecular weight is 263 g/mol. The van der Waals surface area contributed by atoms with Crippen LogP contribution >= 0.6 is 0 Å². The van der Waals surface area contributed by atoms with Crippen LogP contribution in [0.15, 0.2) is 0 Å². The summed E-state index contributed by atoms with van der Waals surface area (Å²) in [6.45, 7) is 13.3. The summed E-state index contributed by atoms with van der Waals surface area (Å²) in [4.78, 5) is 0. The third-order valence-corrected chi connectivity index (χ3v) is 4.36. The maximum atomic E-state index is 11.6. The molecule has 0 rings (SSSR count). The van der Waals surface area contributed by atoms with E-state index in [0.29, 0.717) is 18.7 Å². The zero-order valence-corrected chi connectivity index (χ0v) is 13.1. The molecule has 0 aliphatic heterocycles. The number of sulfone groups is 1. The van der Waals surface area contributed by atoms with Crippen LogP contribution in [0.4, 0.5) is 0 Å².